The van der Waals surface area contributed by atoms with Gasteiger partial charge in [-0.1, -0.05) is 30.4 Å². The van der Waals surface area contributed by atoms with Crippen molar-refractivity contribution in [1.82, 2.24) is 4.90 Å². The second kappa shape index (κ2) is 3.64. The average molecular weight is 231 g/mol. The summed E-state index contributed by atoms with van der Waals surface area (Å²) in [5.41, 5.74) is 1.76. The minimum atomic E-state index is 0.232. The molecule has 16 heavy (non-hydrogen) atoms. The molecule has 0 spiro atoms. The van der Waals surface area contributed by atoms with Gasteiger partial charge in [0.25, 0.3) is 0 Å². The highest BCUT2D eigenvalue weighted by Crippen LogP contribution is 2.55. The van der Waals surface area contributed by atoms with Crippen LogP contribution in [0.5, 0.6) is 0 Å². The lowest BCUT2D eigenvalue weighted by Crippen LogP contribution is -2.47. The van der Waals surface area contributed by atoms with Crippen LogP contribution in [0.15, 0.2) is 41.3 Å². The Morgan fingerprint density at radius 2 is 2.06 bits per heavy atom. The fourth-order valence-electron chi connectivity index (χ4n) is 3.03. The van der Waals surface area contributed by atoms with Crippen molar-refractivity contribution in [2.45, 2.75) is 28.5 Å². The second-order valence-corrected chi connectivity index (χ2v) is 6.08. The average Bonchev–Trinajstić information content (AvgIpc) is 2.64. The Balaban J connectivity index is 2.17. The molecule has 1 aromatic carbocycles. The number of allylic oxidation sites excluding steroid dienone is 1. The molecular formula is C14H17NS. The van der Waals surface area contributed by atoms with Gasteiger partial charge in [0.1, 0.15) is 0 Å². The predicted octanol–water partition coefficient (Wildman–Crippen LogP) is 3.27. The van der Waals surface area contributed by atoms with Crippen LogP contribution in [0.25, 0.3) is 0 Å². The fourth-order valence-corrected chi connectivity index (χ4v) is 4.70. The van der Waals surface area contributed by atoms with E-state index in [0.717, 1.165) is 6.42 Å². The predicted molar refractivity (Wildman–Crippen MR) is 69.8 cm³/mol. The third kappa shape index (κ3) is 1.23. The van der Waals surface area contributed by atoms with Crippen molar-refractivity contribution >= 4 is 11.8 Å². The van der Waals surface area contributed by atoms with Gasteiger partial charge in [-0.15, -0.1) is 11.8 Å². The summed E-state index contributed by atoms with van der Waals surface area (Å²) in [5.74, 6) is 0. The van der Waals surface area contributed by atoms with Crippen molar-refractivity contribution < 1.29 is 0 Å². The SMILES string of the molecule is CN(C)C12CC=CCC1Sc1ccccc12. The van der Waals surface area contributed by atoms with E-state index in [9.17, 15) is 0 Å². The topological polar surface area (TPSA) is 3.24 Å². The number of rotatable bonds is 1. The van der Waals surface area contributed by atoms with Crippen LogP contribution in [0.4, 0.5) is 0 Å². The number of hydrogen-bond acceptors (Lipinski definition) is 2. The van der Waals surface area contributed by atoms with E-state index < -0.39 is 0 Å². The minimum Gasteiger partial charge on any atom is -0.298 e. The maximum absolute atomic E-state index is 2.42. The van der Waals surface area contributed by atoms with Crippen molar-refractivity contribution in [2.75, 3.05) is 14.1 Å². The quantitative estimate of drug-likeness (QED) is 0.682. The Morgan fingerprint density at radius 1 is 1.25 bits per heavy atom. The van der Waals surface area contributed by atoms with Crippen molar-refractivity contribution in [3.8, 4) is 0 Å². The molecule has 2 heteroatoms. The lowest BCUT2D eigenvalue weighted by molar-refractivity contribution is 0.146. The first kappa shape index (κ1) is 10.4. The van der Waals surface area contributed by atoms with Crippen LogP contribution in [-0.2, 0) is 5.54 Å². The Labute approximate surface area is 102 Å². The van der Waals surface area contributed by atoms with Crippen LogP contribution < -0.4 is 0 Å². The third-order valence-corrected chi connectivity index (χ3v) is 5.38. The van der Waals surface area contributed by atoms with Gasteiger partial charge in [0, 0.05) is 10.1 Å². The molecule has 0 fully saturated rings. The zero-order valence-electron chi connectivity index (χ0n) is 9.81. The maximum Gasteiger partial charge on any atom is 0.0627 e. The summed E-state index contributed by atoms with van der Waals surface area (Å²) in [6, 6.07) is 8.90. The molecule has 0 bridgehead atoms. The van der Waals surface area contributed by atoms with Crippen LogP contribution in [-0.4, -0.2) is 24.2 Å². The molecule has 1 aromatic rings. The van der Waals surface area contributed by atoms with E-state index in [0.29, 0.717) is 5.25 Å². The first-order valence-corrected chi connectivity index (χ1v) is 6.72. The van der Waals surface area contributed by atoms with Gasteiger partial charge >= 0.3 is 0 Å². The van der Waals surface area contributed by atoms with Gasteiger partial charge in [-0.05, 0) is 38.6 Å². The number of nitrogens with zero attached hydrogens (tertiary/aromatic N) is 1. The summed E-state index contributed by atoms with van der Waals surface area (Å²) in [6.07, 6.45) is 7.02. The van der Waals surface area contributed by atoms with Crippen LogP contribution in [0.1, 0.15) is 18.4 Å². The molecule has 2 atom stereocenters. The molecular weight excluding hydrogens is 214 g/mol. The summed E-state index contributed by atoms with van der Waals surface area (Å²) in [6.45, 7) is 0. The van der Waals surface area contributed by atoms with Gasteiger partial charge in [0.15, 0.2) is 0 Å². The standard InChI is InChI=1S/C14H17NS/c1-15(2)14-10-6-5-9-13(14)16-12-8-4-3-7-11(12)14/h3-8,13H,9-10H2,1-2H3. The molecule has 1 aliphatic heterocycles. The maximum atomic E-state index is 2.42. The first-order chi connectivity index (χ1) is 7.75. The van der Waals surface area contributed by atoms with E-state index in [1.54, 1.807) is 0 Å². The highest BCUT2D eigenvalue weighted by Gasteiger charge is 2.48. The molecule has 0 aromatic heterocycles. The van der Waals surface area contributed by atoms with E-state index in [1.807, 2.05) is 0 Å². The van der Waals surface area contributed by atoms with E-state index in [4.69, 9.17) is 0 Å². The van der Waals surface area contributed by atoms with E-state index in [2.05, 4.69) is 67.2 Å². The highest BCUT2D eigenvalue weighted by molar-refractivity contribution is 8.00. The molecule has 1 nitrogen and oxygen atoms in total. The molecule has 0 amide bonds. The molecule has 84 valence electrons. The summed E-state index contributed by atoms with van der Waals surface area (Å²) in [4.78, 5) is 3.89. The van der Waals surface area contributed by atoms with Crippen LogP contribution in [0, 0.1) is 0 Å². The third-order valence-electron chi connectivity index (χ3n) is 3.90. The summed E-state index contributed by atoms with van der Waals surface area (Å²) in [7, 11) is 4.43. The Bertz CT molecular complexity index is 438. The number of fused-ring (bicyclic) bond motifs is 3. The zero-order valence-corrected chi connectivity index (χ0v) is 10.6. The summed E-state index contributed by atoms with van der Waals surface area (Å²) < 4.78 is 0. The Hall–Kier alpha value is -0.730. The van der Waals surface area contributed by atoms with Gasteiger partial charge < -0.3 is 0 Å². The van der Waals surface area contributed by atoms with Crippen molar-refractivity contribution in [3.05, 3.63) is 42.0 Å². The van der Waals surface area contributed by atoms with Gasteiger partial charge in [0.2, 0.25) is 0 Å². The number of benzene rings is 1. The fraction of sp³-hybridized carbons (Fsp3) is 0.429. The van der Waals surface area contributed by atoms with Crippen LogP contribution in [0.3, 0.4) is 0 Å². The van der Waals surface area contributed by atoms with Crippen molar-refractivity contribution in [2.24, 2.45) is 0 Å². The molecule has 2 aliphatic rings. The van der Waals surface area contributed by atoms with E-state index in [1.165, 1.54) is 16.9 Å². The molecule has 1 heterocycles. The van der Waals surface area contributed by atoms with Crippen LogP contribution in [0.2, 0.25) is 0 Å². The van der Waals surface area contributed by atoms with Crippen molar-refractivity contribution in [3.63, 3.8) is 0 Å². The normalized spacial score (nSPS) is 31.6. The molecule has 0 saturated heterocycles. The second-order valence-electron chi connectivity index (χ2n) is 4.83. The number of thioether (sulfide) groups is 1. The number of hydrogen-bond donors (Lipinski definition) is 0. The molecule has 2 unspecified atom stereocenters. The summed E-state index contributed by atoms with van der Waals surface area (Å²) >= 11 is 2.05. The van der Waals surface area contributed by atoms with E-state index in [-0.39, 0.29) is 5.54 Å². The monoisotopic (exact) mass is 231 g/mol. The lowest BCUT2D eigenvalue weighted by atomic mass is 9.78. The first-order valence-electron chi connectivity index (χ1n) is 5.84. The van der Waals surface area contributed by atoms with Gasteiger partial charge in [-0.2, -0.15) is 0 Å². The smallest absolute Gasteiger partial charge is 0.0627 e. The molecule has 0 saturated carbocycles. The Kier molecular flexibility index (Phi) is 2.37. The van der Waals surface area contributed by atoms with E-state index >= 15 is 0 Å². The zero-order chi connectivity index (χ0) is 11.2. The largest absolute Gasteiger partial charge is 0.298 e. The molecule has 0 N–H and O–H groups in total. The lowest BCUT2D eigenvalue weighted by Gasteiger charge is -2.42. The van der Waals surface area contributed by atoms with Gasteiger partial charge in [-0.3, -0.25) is 4.90 Å². The molecule has 3 rings (SSSR count). The highest BCUT2D eigenvalue weighted by atomic mass is 32.2. The van der Waals surface area contributed by atoms with Gasteiger partial charge in [0.05, 0.1) is 5.54 Å². The van der Waals surface area contributed by atoms with Gasteiger partial charge in [-0.25, -0.2) is 0 Å². The molecule has 1 aliphatic carbocycles. The van der Waals surface area contributed by atoms with Crippen molar-refractivity contribution in [1.29, 1.82) is 0 Å². The molecule has 0 radical (unpaired) electrons. The summed E-state index contributed by atoms with van der Waals surface area (Å²) in [5, 5.41) is 0.685. The minimum absolute atomic E-state index is 0.232. The van der Waals surface area contributed by atoms with Crippen LogP contribution >= 0.6 is 11.8 Å². The Morgan fingerprint density at radius 3 is 2.88 bits per heavy atom.